The molecule has 1 aliphatic heterocycles. The van der Waals surface area contributed by atoms with Gasteiger partial charge < -0.3 is 10.2 Å². The van der Waals surface area contributed by atoms with Crippen LogP contribution in [0.5, 0.6) is 0 Å². The van der Waals surface area contributed by atoms with Gasteiger partial charge in [-0.15, -0.1) is 11.8 Å². The molecule has 4 heteroatoms. The summed E-state index contributed by atoms with van der Waals surface area (Å²) in [5, 5.41) is 18.9. The molecule has 3 nitrogen and oxygen atoms in total. The molecule has 2 N–H and O–H groups in total. The largest absolute Gasteiger partial charge is 0.394 e. The van der Waals surface area contributed by atoms with Gasteiger partial charge in [-0.3, -0.25) is 0 Å². The zero-order chi connectivity index (χ0) is 10.7. The van der Waals surface area contributed by atoms with Crippen molar-refractivity contribution in [2.24, 2.45) is 4.99 Å². The highest BCUT2D eigenvalue weighted by Gasteiger charge is 2.15. The Hall–Kier alpha value is -0.840. The molecule has 1 aliphatic rings. The number of aliphatic imine (C=N–C) groups is 1. The molecule has 2 rings (SSSR count). The van der Waals surface area contributed by atoms with Gasteiger partial charge in [0.2, 0.25) is 0 Å². The molecule has 0 saturated heterocycles. The number of benzene rings is 1. The summed E-state index contributed by atoms with van der Waals surface area (Å²) in [7, 11) is 0. The van der Waals surface area contributed by atoms with Crippen LogP contribution in [0.4, 0.5) is 5.69 Å². The maximum Gasteiger partial charge on any atom is 0.0864 e. The number of thioether (sulfide) groups is 1. The molecule has 1 atom stereocenters. The smallest absolute Gasteiger partial charge is 0.0864 e. The Morgan fingerprint density at radius 2 is 2.20 bits per heavy atom. The van der Waals surface area contributed by atoms with Crippen LogP contribution >= 0.6 is 11.8 Å². The van der Waals surface area contributed by atoms with Gasteiger partial charge in [-0.2, -0.15) is 0 Å². The van der Waals surface area contributed by atoms with Crippen molar-refractivity contribution >= 4 is 22.5 Å². The van der Waals surface area contributed by atoms with Crippen molar-refractivity contribution in [3.05, 3.63) is 29.8 Å². The minimum Gasteiger partial charge on any atom is -0.394 e. The van der Waals surface area contributed by atoms with E-state index in [-0.39, 0.29) is 6.61 Å². The number of hydrogen-bond acceptors (Lipinski definition) is 4. The second kappa shape index (κ2) is 4.79. The highest BCUT2D eigenvalue weighted by atomic mass is 32.2. The van der Waals surface area contributed by atoms with Gasteiger partial charge in [-0.05, 0) is 11.6 Å². The summed E-state index contributed by atoms with van der Waals surface area (Å²) >= 11 is 1.51. The second-order valence-electron chi connectivity index (χ2n) is 3.46. The van der Waals surface area contributed by atoms with Crippen LogP contribution in [0.1, 0.15) is 5.56 Å². The first-order valence-electron chi connectivity index (χ1n) is 4.87. The third kappa shape index (κ3) is 2.59. The fourth-order valence-corrected chi connectivity index (χ4v) is 2.35. The number of fused-ring (bicyclic) bond motifs is 1. The van der Waals surface area contributed by atoms with E-state index in [0.29, 0.717) is 5.75 Å². The molecule has 0 amide bonds. The molecule has 0 radical (unpaired) electrons. The highest BCUT2D eigenvalue weighted by molar-refractivity contribution is 8.14. The van der Waals surface area contributed by atoms with Crippen molar-refractivity contribution < 1.29 is 10.2 Å². The summed E-state index contributed by atoms with van der Waals surface area (Å²) < 4.78 is 0. The van der Waals surface area contributed by atoms with Crippen molar-refractivity contribution in [3.8, 4) is 0 Å². The summed E-state index contributed by atoms with van der Waals surface area (Å²) in [6.07, 6.45) is 0.195. The number of hydrogen-bond donors (Lipinski definition) is 2. The lowest BCUT2D eigenvalue weighted by Gasteiger charge is -2.05. The van der Waals surface area contributed by atoms with Crippen LogP contribution in [-0.2, 0) is 6.42 Å². The van der Waals surface area contributed by atoms with Crippen LogP contribution in [0.2, 0.25) is 0 Å². The third-order valence-electron chi connectivity index (χ3n) is 2.23. The van der Waals surface area contributed by atoms with E-state index in [9.17, 15) is 5.11 Å². The van der Waals surface area contributed by atoms with Gasteiger partial charge in [0.05, 0.1) is 23.4 Å². The Bertz CT molecular complexity index is 379. The number of aliphatic hydroxyl groups is 2. The lowest BCUT2D eigenvalue weighted by atomic mass is 10.2. The van der Waals surface area contributed by atoms with Gasteiger partial charge in [0.1, 0.15) is 0 Å². The summed E-state index contributed by atoms with van der Waals surface area (Å²) in [6, 6.07) is 8.03. The summed E-state index contributed by atoms with van der Waals surface area (Å²) in [5.74, 6) is 0.503. The van der Waals surface area contributed by atoms with Crippen molar-refractivity contribution in [2.45, 2.75) is 12.5 Å². The maximum atomic E-state index is 9.21. The topological polar surface area (TPSA) is 52.8 Å². The molecule has 0 aliphatic carbocycles. The molecule has 1 heterocycles. The predicted octanol–water partition coefficient (Wildman–Crippen LogP) is 1.36. The van der Waals surface area contributed by atoms with Crippen molar-refractivity contribution in [1.29, 1.82) is 0 Å². The van der Waals surface area contributed by atoms with E-state index in [4.69, 9.17) is 5.11 Å². The van der Waals surface area contributed by atoms with Gasteiger partial charge in [0.15, 0.2) is 0 Å². The number of aliphatic hydroxyl groups excluding tert-OH is 2. The van der Waals surface area contributed by atoms with Crippen LogP contribution in [0, 0.1) is 0 Å². The van der Waals surface area contributed by atoms with Crippen LogP contribution in [0.15, 0.2) is 29.3 Å². The normalized spacial score (nSPS) is 16.0. The van der Waals surface area contributed by atoms with Gasteiger partial charge >= 0.3 is 0 Å². The van der Waals surface area contributed by atoms with Gasteiger partial charge in [-0.1, -0.05) is 18.2 Å². The Morgan fingerprint density at radius 1 is 1.40 bits per heavy atom. The van der Waals surface area contributed by atoms with Gasteiger partial charge in [0, 0.05) is 12.2 Å². The molecule has 1 aromatic rings. The molecular weight excluding hydrogens is 210 g/mol. The van der Waals surface area contributed by atoms with E-state index < -0.39 is 6.10 Å². The average molecular weight is 223 g/mol. The first-order chi connectivity index (χ1) is 7.29. The van der Waals surface area contributed by atoms with Crippen molar-refractivity contribution in [3.63, 3.8) is 0 Å². The van der Waals surface area contributed by atoms with Crippen LogP contribution in [-0.4, -0.2) is 33.7 Å². The third-order valence-corrected chi connectivity index (χ3v) is 3.35. The molecule has 0 aromatic heterocycles. The van der Waals surface area contributed by atoms with Crippen LogP contribution in [0.3, 0.4) is 0 Å². The zero-order valence-electron chi connectivity index (χ0n) is 8.26. The minimum atomic E-state index is -0.651. The Morgan fingerprint density at radius 3 is 2.93 bits per heavy atom. The molecule has 80 valence electrons. The summed E-state index contributed by atoms with van der Waals surface area (Å²) in [4.78, 5) is 4.44. The summed E-state index contributed by atoms with van der Waals surface area (Å²) in [6.45, 7) is -0.187. The minimum absolute atomic E-state index is 0.187. The SMILES string of the molecule is OCC(O)CSC1=Nc2ccccc2C1. The van der Waals surface area contributed by atoms with Crippen molar-refractivity contribution in [1.82, 2.24) is 0 Å². The molecule has 0 spiro atoms. The van der Waals surface area contributed by atoms with Gasteiger partial charge in [-0.25, -0.2) is 4.99 Å². The summed E-state index contributed by atoms with van der Waals surface area (Å²) in [5.41, 5.74) is 2.26. The predicted molar refractivity (Wildman–Crippen MR) is 62.8 cm³/mol. The van der Waals surface area contributed by atoms with Gasteiger partial charge in [0.25, 0.3) is 0 Å². The molecule has 0 bridgehead atoms. The molecule has 0 fully saturated rings. The second-order valence-corrected chi connectivity index (χ2v) is 4.55. The monoisotopic (exact) mass is 223 g/mol. The lowest BCUT2D eigenvalue weighted by molar-refractivity contribution is 0.114. The maximum absolute atomic E-state index is 9.21. The Balaban J connectivity index is 1.94. The molecular formula is C11H13NO2S. The average Bonchev–Trinajstić information content (AvgIpc) is 2.68. The molecule has 1 aromatic carbocycles. The van der Waals surface area contributed by atoms with E-state index in [1.165, 1.54) is 17.3 Å². The fraction of sp³-hybridized carbons (Fsp3) is 0.364. The Kier molecular flexibility index (Phi) is 3.41. The first kappa shape index (κ1) is 10.7. The lowest BCUT2D eigenvalue weighted by Crippen LogP contribution is -2.16. The number of para-hydroxylation sites is 1. The van der Waals surface area contributed by atoms with Crippen molar-refractivity contribution in [2.75, 3.05) is 12.4 Å². The molecule has 1 unspecified atom stereocenters. The van der Waals surface area contributed by atoms with E-state index in [1.54, 1.807) is 0 Å². The quantitative estimate of drug-likeness (QED) is 0.813. The Labute approximate surface area is 92.9 Å². The van der Waals surface area contributed by atoms with E-state index in [1.807, 2.05) is 18.2 Å². The number of nitrogens with zero attached hydrogens (tertiary/aromatic N) is 1. The first-order valence-corrected chi connectivity index (χ1v) is 5.85. The van der Waals surface area contributed by atoms with Crippen LogP contribution in [0.25, 0.3) is 0 Å². The highest BCUT2D eigenvalue weighted by Crippen LogP contribution is 2.29. The van der Waals surface area contributed by atoms with E-state index in [2.05, 4.69) is 11.1 Å². The van der Waals surface area contributed by atoms with Crippen LogP contribution < -0.4 is 0 Å². The van der Waals surface area contributed by atoms with E-state index >= 15 is 0 Å². The standard InChI is InChI=1S/C11H13NO2S/c13-6-9(14)7-15-11-5-8-3-1-2-4-10(8)12-11/h1-4,9,13-14H,5-7H2. The molecule has 15 heavy (non-hydrogen) atoms. The number of rotatable bonds is 3. The molecule has 0 saturated carbocycles. The van der Waals surface area contributed by atoms with E-state index in [0.717, 1.165) is 17.2 Å². The zero-order valence-corrected chi connectivity index (χ0v) is 9.07. The fourth-order valence-electron chi connectivity index (χ4n) is 1.43.